The summed E-state index contributed by atoms with van der Waals surface area (Å²) < 4.78 is 0. The van der Waals surface area contributed by atoms with Gasteiger partial charge in [-0.15, -0.1) is 0 Å². The predicted molar refractivity (Wildman–Crippen MR) is 75.1 cm³/mol. The van der Waals surface area contributed by atoms with Crippen molar-refractivity contribution in [2.24, 2.45) is 0 Å². The second-order valence-electron chi connectivity index (χ2n) is 5.44. The predicted octanol–water partition coefficient (Wildman–Crippen LogP) is 1.49. The van der Waals surface area contributed by atoms with Crippen LogP contribution in [0.15, 0.2) is 12.4 Å². The van der Waals surface area contributed by atoms with Crippen LogP contribution in [0.25, 0.3) is 0 Å². The molecule has 1 aromatic rings. The first-order valence-electron chi connectivity index (χ1n) is 6.60. The Kier molecular flexibility index (Phi) is 4.01. The van der Waals surface area contributed by atoms with E-state index in [1.54, 1.807) is 6.33 Å². The summed E-state index contributed by atoms with van der Waals surface area (Å²) in [6.07, 6.45) is 4.17. The van der Waals surface area contributed by atoms with Crippen molar-refractivity contribution >= 4 is 11.6 Å². The second-order valence-corrected chi connectivity index (χ2v) is 5.44. The Labute approximate surface area is 109 Å². The van der Waals surface area contributed by atoms with Gasteiger partial charge in [-0.1, -0.05) is 0 Å². The Morgan fingerprint density at radius 2 is 2.00 bits per heavy atom. The van der Waals surface area contributed by atoms with E-state index >= 15 is 0 Å². The number of hydrogen-bond donors (Lipinski definition) is 2. The van der Waals surface area contributed by atoms with Crippen molar-refractivity contribution in [3.63, 3.8) is 0 Å². The van der Waals surface area contributed by atoms with Gasteiger partial charge in [0.1, 0.15) is 18.0 Å². The molecule has 5 nitrogen and oxygen atoms in total. The van der Waals surface area contributed by atoms with Crippen LogP contribution in [0, 0.1) is 0 Å². The number of rotatable bonds is 5. The third kappa shape index (κ3) is 3.32. The smallest absolute Gasteiger partial charge is 0.134 e. The van der Waals surface area contributed by atoms with Gasteiger partial charge in [0, 0.05) is 31.2 Å². The van der Waals surface area contributed by atoms with E-state index in [1.165, 1.54) is 12.8 Å². The maximum atomic E-state index is 4.35. The summed E-state index contributed by atoms with van der Waals surface area (Å²) in [5, 5.41) is 6.62. The van der Waals surface area contributed by atoms with E-state index in [-0.39, 0.29) is 5.54 Å². The van der Waals surface area contributed by atoms with Gasteiger partial charge in [0.05, 0.1) is 0 Å². The van der Waals surface area contributed by atoms with Crippen molar-refractivity contribution in [2.45, 2.75) is 32.2 Å². The molecular formula is C13H23N5. The van der Waals surface area contributed by atoms with Gasteiger partial charge in [0.2, 0.25) is 0 Å². The number of nitrogens with one attached hydrogen (secondary N) is 2. The van der Waals surface area contributed by atoms with Crippen molar-refractivity contribution in [1.29, 1.82) is 0 Å². The van der Waals surface area contributed by atoms with Gasteiger partial charge in [-0.05, 0) is 33.7 Å². The third-order valence-corrected chi connectivity index (χ3v) is 3.47. The zero-order valence-corrected chi connectivity index (χ0v) is 11.5. The monoisotopic (exact) mass is 249 g/mol. The Bertz CT molecular complexity index is 385. The largest absolute Gasteiger partial charge is 0.368 e. The van der Waals surface area contributed by atoms with Crippen molar-refractivity contribution < 1.29 is 0 Å². The van der Waals surface area contributed by atoms with Gasteiger partial charge >= 0.3 is 0 Å². The SMILES string of the molecule is CNC(C)(C)CNc1cc(N2CCCC2)ncn1. The van der Waals surface area contributed by atoms with Crippen molar-refractivity contribution in [2.75, 3.05) is 36.9 Å². The summed E-state index contributed by atoms with van der Waals surface area (Å²) in [7, 11) is 1.97. The lowest BCUT2D eigenvalue weighted by Crippen LogP contribution is -2.42. The molecule has 2 heterocycles. The van der Waals surface area contributed by atoms with Crippen LogP contribution in [-0.2, 0) is 0 Å². The number of nitrogens with zero attached hydrogens (tertiary/aromatic N) is 3. The zero-order chi connectivity index (χ0) is 13.0. The summed E-state index contributed by atoms with van der Waals surface area (Å²) in [6.45, 7) is 7.36. The molecule has 1 aromatic heterocycles. The molecule has 2 rings (SSSR count). The molecule has 0 bridgehead atoms. The molecule has 0 saturated carbocycles. The topological polar surface area (TPSA) is 53.1 Å². The van der Waals surface area contributed by atoms with Crippen LogP contribution >= 0.6 is 0 Å². The van der Waals surface area contributed by atoms with Crippen LogP contribution in [0.1, 0.15) is 26.7 Å². The molecular weight excluding hydrogens is 226 g/mol. The van der Waals surface area contributed by atoms with Gasteiger partial charge < -0.3 is 15.5 Å². The van der Waals surface area contributed by atoms with Crippen LogP contribution in [0.4, 0.5) is 11.6 Å². The fourth-order valence-electron chi connectivity index (χ4n) is 1.96. The number of anilines is 2. The first-order chi connectivity index (χ1) is 8.61. The molecule has 0 spiro atoms. The minimum absolute atomic E-state index is 0.0543. The Morgan fingerprint density at radius 1 is 1.28 bits per heavy atom. The van der Waals surface area contributed by atoms with Crippen LogP contribution in [-0.4, -0.2) is 42.2 Å². The Morgan fingerprint density at radius 3 is 2.67 bits per heavy atom. The quantitative estimate of drug-likeness (QED) is 0.828. The lowest BCUT2D eigenvalue weighted by Gasteiger charge is -2.25. The first kappa shape index (κ1) is 13.1. The van der Waals surface area contributed by atoms with E-state index in [2.05, 4.69) is 39.3 Å². The van der Waals surface area contributed by atoms with Crippen LogP contribution in [0.3, 0.4) is 0 Å². The number of likely N-dealkylation sites (N-methyl/N-ethyl adjacent to an activating group) is 1. The molecule has 0 radical (unpaired) electrons. The van der Waals surface area contributed by atoms with E-state index in [1.807, 2.05) is 13.1 Å². The van der Waals surface area contributed by atoms with Gasteiger partial charge in [-0.2, -0.15) is 0 Å². The molecule has 0 unspecified atom stereocenters. The van der Waals surface area contributed by atoms with Gasteiger partial charge in [-0.3, -0.25) is 0 Å². The first-order valence-corrected chi connectivity index (χ1v) is 6.60. The highest BCUT2D eigenvalue weighted by molar-refractivity contribution is 5.49. The number of hydrogen-bond acceptors (Lipinski definition) is 5. The van der Waals surface area contributed by atoms with Crippen LogP contribution < -0.4 is 15.5 Å². The summed E-state index contributed by atoms with van der Waals surface area (Å²) in [5.74, 6) is 1.93. The minimum atomic E-state index is 0.0543. The Hall–Kier alpha value is -1.36. The lowest BCUT2D eigenvalue weighted by molar-refractivity contribution is 0.447. The maximum absolute atomic E-state index is 4.35. The average molecular weight is 249 g/mol. The Balaban J connectivity index is 1.99. The number of aromatic nitrogens is 2. The standard InChI is InChI=1S/C13H23N5/c1-13(2,14-3)9-15-11-8-12(17-10-16-11)18-6-4-5-7-18/h8,10,14H,4-7,9H2,1-3H3,(H,15,16,17). The fraction of sp³-hybridized carbons (Fsp3) is 0.692. The molecule has 5 heteroatoms. The molecule has 0 amide bonds. The third-order valence-electron chi connectivity index (χ3n) is 3.47. The minimum Gasteiger partial charge on any atom is -0.368 e. The molecule has 1 aliphatic rings. The summed E-state index contributed by atoms with van der Waals surface area (Å²) >= 11 is 0. The normalized spacial score (nSPS) is 16.1. The molecule has 100 valence electrons. The molecule has 1 fully saturated rings. The maximum Gasteiger partial charge on any atom is 0.134 e. The molecule has 0 aliphatic carbocycles. The molecule has 1 saturated heterocycles. The van der Waals surface area contributed by atoms with Gasteiger partial charge in [0.25, 0.3) is 0 Å². The second kappa shape index (κ2) is 5.52. The van der Waals surface area contributed by atoms with E-state index in [9.17, 15) is 0 Å². The highest BCUT2D eigenvalue weighted by atomic mass is 15.2. The van der Waals surface area contributed by atoms with Crippen LogP contribution in [0.5, 0.6) is 0 Å². The fourth-order valence-corrected chi connectivity index (χ4v) is 1.96. The van der Waals surface area contributed by atoms with E-state index in [4.69, 9.17) is 0 Å². The van der Waals surface area contributed by atoms with E-state index in [0.29, 0.717) is 0 Å². The summed E-state index contributed by atoms with van der Waals surface area (Å²) in [4.78, 5) is 10.9. The van der Waals surface area contributed by atoms with Crippen LogP contribution in [0.2, 0.25) is 0 Å². The lowest BCUT2D eigenvalue weighted by atomic mass is 10.1. The molecule has 2 N–H and O–H groups in total. The molecule has 18 heavy (non-hydrogen) atoms. The summed E-state index contributed by atoms with van der Waals surface area (Å²) in [5.41, 5.74) is 0.0543. The highest BCUT2D eigenvalue weighted by Gasteiger charge is 2.16. The molecule has 0 atom stereocenters. The van der Waals surface area contributed by atoms with Gasteiger partial charge in [0.15, 0.2) is 0 Å². The highest BCUT2D eigenvalue weighted by Crippen LogP contribution is 2.19. The molecule has 1 aliphatic heterocycles. The van der Waals surface area contributed by atoms with Crippen molar-refractivity contribution in [3.8, 4) is 0 Å². The van der Waals surface area contributed by atoms with Crippen molar-refractivity contribution in [3.05, 3.63) is 12.4 Å². The zero-order valence-electron chi connectivity index (χ0n) is 11.5. The average Bonchev–Trinajstić information content (AvgIpc) is 2.91. The van der Waals surface area contributed by atoms with E-state index in [0.717, 1.165) is 31.3 Å². The summed E-state index contributed by atoms with van der Waals surface area (Å²) in [6, 6.07) is 2.04. The van der Waals surface area contributed by atoms with Gasteiger partial charge in [-0.25, -0.2) is 9.97 Å². The molecule has 0 aromatic carbocycles. The van der Waals surface area contributed by atoms with Crippen molar-refractivity contribution in [1.82, 2.24) is 15.3 Å². The van der Waals surface area contributed by atoms with E-state index < -0.39 is 0 Å².